The molecule has 3 rings (SSSR count). The summed E-state index contributed by atoms with van der Waals surface area (Å²) in [6, 6.07) is 15.5. The summed E-state index contributed by atoms with van der Waals surface area (Å²) in [7, 11) is -3.20. The van der Waals surface area contributed by atoms with Crippen molar-refractivity contribution in [3.05, 3.63) is 59.1 Å². The second kappa shape index (κ2) is 9.09. The summed E-state index contributed by atoms with van der Waals surface area (Å²) in [5.74, 6) is 1.32. The van der Waals surface area contributed by atoms with E-state index >= 15 is 0 Å². The van der Waals surface area contributed by atoms with Crippen molar-refractivity contribution < 1.29 is 8.42 Å². The smallest absolute Gasteiger partial charge is 0.211 e. The quantitative estimate of drug-likeness (QED) is 0.427. The van der Waals surface area contributed by atoms with Crippen molar-refractivity contribution in [3.63, 3.8) is 0 Å². The molecule has 6 nitrogen and oxygen atoms in total. The predicted molar refractivity (Wildman–Crippen MR) is 115 cm³/mol. The van der Waals surface area contributed by atoms with Gasteiger partial charge in [-0.25, -0.2) is 13.1 Å². The molecule has 0 bridgehead atoms. The first-order valence-electron chi connectivity index (χ1n) is 8.79. The fourth-order valence-electron chi connectivity index (χ4n) is 2.62. The zero-order valence-corrected chi connectivity index (χ0v) is 18.0. The molecule has 0 aliphatic rings. The van der Waals surface area contributed by atoms with Gasteiger partial charge in [-0.05, 0) is 49.7 Å². The standard InChI is InChI=1S/C19H21ClN4O2S2/c1-3-28(25,26)21-12-13-27-19-23-22-18(15-8-10-16(20)11-9-15)24(19)17-7-5-4-6-14(17)2/h4-11,21H,3,12-13H2,1-2H3. The normalized spacial score (nSPS) is 11.7. The topological polar surface area (TPSA) is 76.9 Å². The van der Waals surface area contributed by atoms with Crippen molar-refractivity contribution in [2.75, 3.05) is 18.1 Å². The van der Waals surface area contributed by atoms with Crippen LogP contribution in [0.1, 0.15) is 12.5 Å². The first-order valence-corrected chi connectivity index (χ1v) is 11.8. The van der Waals surface area contributed by atoms with Crippen LogP contribution in [0.5, 0.6) is 0 Å². The van der Waals surface area contributed by atoms with E-state index in [1.54, 1.807) is 6.92 Å². The molecule has 0 amide bonds. The Kier molecular flexibility index (Phi) is 6.77. The molecule has 0 unspecified atom stereocenters. The van der Waals surface area contributed by atoms with Crippen molar-refractivity contribution in [1.29, 1.82) is 0 Å². The molecule has 148 valence electrons. The molecule has 28 heavy (non-hydrogen) atoms. The molecule has 0 saturated heterocycles. The molecule has 1 N–H and O–H groups in total. The summed E-state index contributed by atoms with van der Waals surface area (Å²) in [6.07, 6.45) is 0. The van der Waals surface area contributed by atoms with Crippen LogP contribution in [0.2, 0.25) is 5.02 Å². The number of hydrogen-bond donors (Lipinski definition) is 1. The summed E-state index contributed by atoms with van der Waals surface area (Å²) < 4.78 is 27.8. The molecule has 0 aliphatic carbocycles. The Balaban J connectivity index is 1.92. The van der Waals surface area contributed by atoms with E-state index in [1.807, 2.05) is 60.0 Å². The highest BCUT2D eigenvalue weighted by atomic mass is 35.5. The van der Waals surface area contributed by atoms with Gasteiger partial charge in [0.25, 0.3) is 0 Å². The van der Waals surface area contributed by atoms with E-state index in [0.29, 0.717) is 28.3 Å². The summed E-state index contributed by atoms with van der Waals surface area (Å²) in [4.78, 5) is 0. The van der Waals surface area contributed by atoms with Gasteiger partial charge in [-0.15, -0.1) is 10.2 Å². The SMILES string of the molecule is CCS(=O)(=O)NCCSc1nnc(-c2ccc(Cl)cc2)n1-c1ccccc1C. The number of benzene rings is 2. The average molecular weight is 437 g/mol. The fourth-order valence-corrected chi connectivity index (χ4v) is 4.29. The Hall–Kier alpha value is -1.87. The molecule has 0 spiro atoms. The third-order valence-electron chi connectivity index (χ3n) is 4.13. The van der Waals surface area contributed by atoms with Gasteiger partial charge in [0.15, 0.2) is 11.0 Å². The molecule has 0 aliphatic heterocycles. The van der Waals surface area contributed by atoms with Crippen LogP contribution in [0.25, 0.3) is 17.1 Å². The van der Waals surface area contributed by atoms with Gasteiger partial charge in [-0.3, -0.25) is 4.57 Å². The largest absolute Gasteiger partial charge is 0.270 e. The molecular formula is C19H21ClN4O2S2. The third kappa shape index (κ3) is 4.94. The van der Waals surface area contributed by atoms with Crippen molar-refractivity contribution in [1.82, 2.24) is 19.5 Å². The van der Waals surface area contributed by atoms with Crippen LogP contribution in [-0.2, 0) is 10.0 Å². The minimum Gasteiger partial charge on any atom is -0.270 e. The maximum Gasteiger partial charge on any atom is 0.211 e. The zero-order valence-electron chi connectivity index (χ0n) is 15.6. The van der Waals surface area contributed by atoms with Crippen molar-refractivity contribution >= 4 is 33.4 Å². The molecule has 1 heterocycles. The van der Waals surface area contributed by atoms with E-state index in [0.717, 1.165) is 16.8 Å². The van der Waals surface area contributed by atoms with Crippen LogP contribution in [0.4, 0.5) is 0 Å². The van der Waals surface area contributed by atoms with Gasteiger partial charge in [0.2, 0.25) is 10.0 Å². The van der Waals surface area contributed by atoms with Crippen molar-refractivity contribution in [3.8, 4) is 17.1 Å². The van der Waals surface area contributed by atoms with Crippen LogP contribution >= 0.6 is 23.4 Å². The van der Waals surface area contributed by atoms with E-state index in [4.69, 9.17) is 11.6 Å². The Morgan fingerprint density at radius 3 is 2.50 bits per heavy atom. The second-order valence-corrected chi connectivity index (χ2v) is 9.68. The Bertz CT molecular complexity index is 1050. The number of thioether (sulfide) groups is 1. The van der Waals surface area contributed by atoms with Gasteiger partial charge in [0.05, 0.1) is 11.4 Å². The van der Waals surface area contributed by atoms with Crippen LogP contribution in [-0.4, -0.2) is 41.2 Å². The average Bonchev–Trinajstić information content (AvgIpc) is 3.10. The molecule has 2 aromatic carbocycles. The van der Waals surface area contributed by atoms with Gasteiger partial charge in [0.1, 0.15) is 0 Å². The van der Waals surface area contributed by atoms with Crippen LogP contribution in [0.3, 0.4) is 0 Å². The van der Waals surface area contributed by atoms with E-state index in [2.05, 4.69) is 14.9 Å². The Morgan fingerprint density at radius 1 is 1.11 bits per heavy atom. The molecule has 1 aromatic heterocycles. The number of nitrogens with zero attached hydrogens (tertiary/aromatic N) is 3. The number of halogens is 1. The molecule has 0 saturated carbocycles. The highest BCUT2D eigenvalue weighted by Gasteiger charge is 2.17. The molecule has 0 atom stereocenters. The molecule has 3 aromatic rings. The first-order chi connectivity index (χ1) is 13.4. The number of aromatic nitrogens is 3. The maximum absolute atomic E-state index is 11.6. The molecule has 0 fully saturated rings. The van der Waals surface area contributed by atoms with Gasteiger partial charge in [-0.1, -0.05) is 41.6 Å². The molecular weight excluding hydrogens is 416 g/mol. The monoisotopic (exact) mass is 436 g/mol. The van der Waals surface area contributed by atoms with Crippen LogP contribution in [0, 0.1) is 6.92 Å². The Morgan fingerprint density at radius 2 is 1.82 bits per heavy atom. The first kappa shape index (κ1) is 20.9. The minimum atomic E-state index is -3.20. The summed E-state index contributed by atoms with van der Waals surface area (Å²) in [6.45, 7) is 3.98. The number of hydrogen-bond acceptors (Lipinski definition) is 5. The van der Waals surface area contributed by atoms with E-state index in [1.165, 1.54) is 11.8 Å². The van der Waals surface area contributed by atoms with Gasteiger partial charge >= 0.3 is 0 Å². The summed E-state index contributed by atoms with van der Waals surface area (Å²) >= 11 is 7.47. The lowest BCUT2D eigenvalue weighted by molar-refractivity contribution is 0.585. The number of sulfonamides is 1. The van der Waals surface area contributed by atoms with Gasteiger partial charge in [0, 0.05) is 22.9 Å². The lowest BCUT2D eigenvalue weighted by Gasteiger charge is -2.13. The predicted octanol–water partition coefficient (Wildman–Crippen LogP) is 3.93. The molecule has 0 radical (unpaired) electrons. The third-order valence-corrected chi connectivity index (χ3v) is 6.71. The van der Waals surface area contributed by atoms with E-state index < -0.39 is 10.0 Å². The summed E-state index contributed by atoms with van der Waals surface area (Å²) in [5.41, 5.74) is 2.97. The van der Waals surface area contributed by atoms with Crippen LogP contribution in [0.15, 0.2) is 53.7 Å². The zero-order chi connectivity index (χ0) is 20.1. The minimum absolute atomic E-state index is 0.0672. The highest BCUT2D eigenvalue weighted by molar-refractivity contribution is 7.99. The number of nitrogens with one attached hydrogen (secondary N) is 1. The van der Waals surface area contributed by atoms with E-state index in [9.17, 15) is 8.42 Å². The van der Waals surface area contributed by atoms with Gasteiger partial charge < -0.3 is 0 Å². The van der Waals surface area contributed by atoms with Crippen molar-refractivity contribution in [2.45, 2.75) is 19.0 Å². The maximum atomic E-state index is 11.6. The van der Waals surface area contributed by atoms with E-state index in [-0.39, 0.29) is 5.75 Å². The number of rotatable bonds is 8. The summed E-state index contributed by atoms with van der Waals surface area (Å²) in [5, 5.41) is 10.1. The highest BCUT2D eigenvalue weighted by Crippen LogP contribution is 2.29. The lowest BCUT2D eigenvalue weighted by Crippen LogP contribution is -2.27. The second-order valence-electron chi connectivity index (χ2n) is 6.08. The molecule has 9 heteroatoms. The Labute approximate surface area is 174 Å². The lowest BCUT2D eigenvalue weighted by atomic mass is 10.1. The van der Waals surface area contributed by atoms with Crippen LogP contribution < -0.4 is 4.72 Å². The fraction of sp³-hybridized carbons (Fsp3) is 0.263. The number of aryl methyl sites for hydroxylation is 1. The number of para-hydroxylation sites is 1. The van der Waals surface area contributed by atoms with Crippen molar-refractivity contribution in [2.24, 2.45) is 0 Å². The van der Waals surface area contributed by atoms with Gasteiger partial charge in [-0.2, -0.15) is 0 Å².